The lowest BCUT2D eigenvalue weighted by Gasteiger charge is -2.06. The van der Waals surface area contributed by atoms with E-state index in [9.17, 15) is 0 Å². The monoisotopic (exact) mass is 250 g/mol. The fourth-order valence-corrected chi connectivity index (χ4v) is 1.05. The van der Waals surface area contributed by atoms with Crippen LogP contribution in [-0.4, -0.2) is 66.6 Å². The minimum absolute atomic E-state index is 0.597. The van der Waals surface area contributed by atoms with Crippen molar-refractivity contribution in [2.24, 2.45) is 0 Å². The molecule has 0 aliphatic heterocycles. The predicted molar refractivity (Wildman–Crippen MR) is 65.4 cm³/mol. The minimum Gasteiger partial charge on any atom is -0.382 e. The molecule has 0 aromatic rings. The third-order valence-electron chi connectivity index (χ3n) is 1.90. The largest absolute Gasteiger partial charge is 0.382 e. The number of ether oxygens (including phenoxy) is 5. The lowest BCUT2D eigenvalue weighted by Crippen LogP contribution is -2.13. The summed E-state index contributed by atoms with van der Waals surface area (Å²) in [7, 11) is 1.65. The molecule has 0 aliphatic rings. The summed E-state index contributed by atoms with van der Waals surface area (Å²) in [6, 6.07) is 0. The van der Waals surface area contributed by atoms with Crippen LogP contribution < -0.4 is 0 Å². The Balaban J connectivity index is 2.85. The Hall–Kier alpha value is -0.200. The maximum absolute atomic E-state index is 5.31. The first-order chi connectivity index (χ1) is 8.41. The molecule has 0 atom stereocenters. The van der Waals surface area contributed by atoms with Crippen molar-refractivity contribution in [1.82, 2.24) is 0 Å². The molecule has 0 aliphatic carbocycles. The van der Waals surface area contributed by atoms with Crippen LogP contribution in [0.5, 0.6) is 0 Å². The predicted octanol–water partition coefficient (Wildman–Crippen LogP) is 1.11. The fraction of sp³-hybridized carbons (Fsp3) is 1.00. The van der Waals surface area contributed by atoms with Crippen molar-refractivity contribution in [2.75, 3.05) is 66.6 Å². The lowest BCUT2D eigenvalue weighted by atomic mass is 10.5. The van der Waals surface area contributed by atoms with E-state index in [0.717, 1.165) is 13.0 Å². The van der Waals surface area contributed by atoms with E-state index in [4.69, 9.17) is 23.7 Å². The first kappa shape index (κ1) is 16.8. The van der Waals surface area contributed by atoms with Gasteiger partial charge >= 0.3 is 0 Å². The van der Waals surface area contributed by atoms with E-state index in [-0.39, 0.29) is 0 Å². The summed E-state index contributed by atoms with van der Waals surface area (Å²) < 4.78 is 26.0. The minimum atomic E-state index is 0.597. The van der Waals surface area contributed by atoms with Crippen molar-refractivity contribution in [2.45, 2.75) is 13.3 Å². The highest BCUT2D eigenvalue weighted by atomic mass is 16.6. The normalized spacial score (nSPS) is 10.9. The molecule has 0 bridgehead atoms. The molecule has 5 heteroatoms. The molecule has 0 rings (SSSR count). The molecule has 17 heavy (non-hydrogen) atoms. The van der Waals surface area contributed by atoms with Crippen LogP contribution in [0.1, 0.15) is 13.3 Å². The third kappa shape index (κ3) is 15.8. The molecule has 0 fully saturated rings. The third-order valence-corrected chi connectivity index (χ3v) is 1.90. The Morgan fingerprint density at radius 3 is 1.24 bits per heavy atom. The first-order valence-electron chi connectivity index (χ1n) is 6.21. The Labute approximate surface area is 104 Å². The fourth-order valence-electron chi connectivity index (χ4n) is 1.05. The van der Waals surface area contributed by atoms with Crippen LogP contribution >= 0.6 is 0 Å². The summed E-state index contributed by atoms with van der Waals surface area (Å²) in [5, 5.41) is 0. The van der Waals surface area contributed by atoms with E-state index in [1.54, 1.807) is 7.11 Å². The van der Waals surface area contributed by atoms with Crippen LogP contribution in [0.25, 0.3) is 0 Å². The van der Waals surface area contributed by atoms with Gasteiger partial charge in [0.1, 0.15) is 0 Å². The van der Waals surface area contributed by atoms with Gasteiger partial charge in [0.15, 0.2) is 0 Å². The average Bonchev–Trinajstić information content (AvgIpc) is 2.35. The quantitative estimate of drug-likeness (QED) is 0.432. The maximum atomic E-state index is 5.31. The summed E-state index contributed by atoms with van der Waals surface area (Å²) in [5.41, 5.74) is 0. The van der Waals surface area contributed by atoms with Crippen molar-refractivity contribution in [3.63, 3.8) is 0 Å². The molecule has 0 aromatic carbocycles. The molecule has 0 saturated carbocycles. The van der Waals surface area contributed by atoms with Crippen molar-refractivity contribution in [1.29, 1.82) is 0 Å². The smallest absolute Gasteiger partial charge is 0.0701 e. The molecule has 0 saturated heterocycles. The van der Waals surface area contributed by atoms with Crippen molar-refractivity contribution in [3.8, 4) is 0 Å². The number of methoxy groups -OCH3 is 1. The van der Waals surface area contributed by atoms with E-state index in [1.807, 2.05) is 0 Å². The van der Waals surface area contributed by atoms with E-state index >= 15 is 0 Å². The van der Waals surface area contributed by atoms with Gasteiger partial charge in [-0.1, -0.05) is 6.92 Å². The molecule has 5 nitrogen and oxygen atoms in total. The van der Waals surface area contributed by atoms with Crippen molar-refractivity contribution < 1.29 is 23.7 Å². The topological polar surface area (TPSA) is 46.2 Å². The molecular formula is C12H26O5. The van der Waals surface area contributed by atoms with Crippen LogP contribution in [0, 0.1) is 0 Å². The summed E-state index contributed by atoms with van der Waals surface area (Å²) >= 11 is 0. The van der Waals surface area contributed by atoms with Crippen molar-refractivity contribution in [3.05, 3.63) is 0 Å². The number of rotatable bonds is 14. The van der Waals surface area contributed by atoms with Gasteiger partial charge in [-0.3, -0.25) is 0 Å². The second-order valence-electron chi connectivity index (χ2n) is 3.44. The highest BCUT2D eigenvalue weighted by Gasteiger charge is 1.92. The zero-order chi connectivity index (χ0) is 12.6. The molecule has 0 spiro atoms. The molecule has 0 aromatic heterocycles. The van der Waals surface area contributed by atoms with Crippen molar-refractivity contribution >= 4 is 0 Å². The molecule has 0 radical (unpaired) electrons. The molecule has 0 N–H and O–H groups in total. The van der Waals surface area contributed by atoms with E-state index in [0.29, 0.717) is 52.9 Å². The van der Waals surface area contributed by atoms with Crippen LogP contribution in [0.3, 0.4) is 0 Å². The van der Waals surface area contributed by atoms with Gasteiger partial charge in [-0.25, -0.2) is 0 Å². The number of hydrogen-bond acceptors (Lipinski definition) is 5. The van der Waals surface area contributed by atoms with Gasteiger partial charge in [0, 0.05) is 13.7 Å². The van der Waals surface area contributed by atoms with Gasteiger partial charge < -0.3 is 23.7 Å². The molecule has 0 heterocycles. The second kappa shape index (κ2) is 15.8. The van der Waals surface area contributed by atoms with Gasteiger partial charge in [-0.2, -0.15) is 0 Å². The average molecular weight is 250 g/mol. The standard InChI is InChI=1S/C12H26O5/c1-3-4-14-7-8-16-11-12-17-10-9-15-6-5-13-2/h3-12H2,1-2H3. The van der Waals surface area contributed by atoms with Crippen LogP contribution in [-0.2, 0) is 23.7 Å². The van der Waals surface area contributed by atoms with Gasteiger partial charge in [-0.15, -0.1) is 0 Å². The lowest BCUT2D eigenvalue weighted by molar-refractivity contribution is -0.00769. The van der Waals surface area contributed by atoms with E-state index in [2.05, 4.69) is 6.92 Å². The summed E-state index contributed by atoms with van der Waals surface area (Å²) in [6.45, 7) is 7.83. The Morgan fingerprint density at radius 1 is 0.529 bits per heavy atom. The van der Waals surface area contributed by atoms with Crippen LogP contribution in [0.15, 0.2) is 0 Å². The molecule has 104 valence electrons. The zero-order valence-corrected chi connectivity index (χ0v) is 11.1. The Bertz CT molecular complexity index is 118. The summed E-state index contributed by atoms with van der Waals surface area (Å²) in [5.74, 6) is 0. The zero-order valence-electron chi connectivity index (χ0n) is 11.1. The SMILES string of the molecule is CCCOCCOCCOCCOCCOC. The molecular weight excluding hydrogens is 224 g/mol. The van der Waals surface area contributed by atoms with E-state index < -0.39 is 0 Å². The van der Waals surface area contributed by atoms with Crippen LogP contribution in [0.2, 0.25) is 0 Å². The van der Waals surface area contributed by atoms with Crippen LogP contribution in [0.4, 0.5) is 0 Å². The Kier molecular flexibility index (Phi) is 15.6. The van der Waals surface area contributed by atoms with Gasteiger partial charge in [0.2, 0.25) is 0 Å². The molecule has 0 unspecified atom stereocenters. The van der Waals surface area contributed by atoms with Gasteiger partial charge in [-0.05, 0) is 6.42 Å². The molecule has 0 amide bonds. The highest BCUT2D eigenvalue weighted by molar-refractivity contribution is 4.35. The summed E-state index contributed by atoms with van der Waals surface area (Å²) in [6.07, 6.45) is 1.05. The van der Waals surface area contributed by atoms with Gasteiger partial charge in [0.05, 0.1) is 52.9 Å². The second-order valence-corrected chi connectivity index (χ2v) is 3.44. The van der Waals surface area contributed by atoms with Gasteiger partial charge in [0.25, 0.3) is 0 Å². The maximum Gasteiger partial charge on any atom is 0.0701 e. The first-order valence-corrected chi connectivity index (χ1v) is 6.21. The Morgan fingerprint density at radius 2 is 0.882 bits per heavy atom. The summed E-state index contributed by atoms with van der Waals surface area (Å²) in [4.78, 5) is 0. The number of hydrogen-bond donors (Lipinski definition) is 0. The highest BCUT2D eigenvalue weighted by Crippen LogP contribution is 1.84. The van der Waals surface area contributed by atoms with E-state index in [1.165, 1.54) is 0 Å².